The number of fused-ring (bicyclic) bond motifs is 1. The van der Waals surface area contributed by atoms with Crippen molar-refractivity contribution < 1.29 is 5.11 Å². The van der Waals surface area contributed by atoms with E-state index in [1.54, 1.807) is 20.0 Å². The number of rotatable bonds is 1. The van der Waals surface area contributed by atoms with Gasteiger partial charge in [0.15, 0.2) is 5.65 Å². The van der Waals surface area contributed by atoms with E-state index in [0.717, 1.165) is 22.6 Å². The maximum atomic E-state index is 10.0. The van der Waals surface area contributed by atoms with Crippen molar-refractivity contribution in [1.82, 2.24) is 14.5 Å². The average molecular weight is 205 g/mol. The second-order valence-corrected chi connectivity index (χ2v) is 4.31. The zero-order valence-corrected chi connectivity index (χ0v) is 9.44. The molecule has 4 heteroatoms. The molecule has 15 heavy (non-hydrogen) atoms. The van der Waals surface area contributed by atoms with Gasteiger partial charge in [-0.25, -0.2) is 9.97 Å². The molecule has 2 aromatic rings. The molecule has 4 nitrogen and oxygen atoms in total. The average Bonchev–Trinajstić information content (AvgIpc) is 2.41. The van der Waals surface area contributed by atoms with Crippen LogP contribution in [0.25, 0.3) is 11.2 Å². The van der Waals surface area contributed by atoms with E-state index < -0.39 is 5.60 Å². The van der Waals surface area contributed by atoms with E-state index in [1.165, 1.54) is 0 Å². The molecule has 80 valence electrons. The first-order valence-corrected chi connectivity index (χ1v) is 4.92. The van der Waals surface area contributed by atoms with Crippen molar-refractivity contribution in [1.29, 1.82) is 0 Å². The van der Waals surface area contributed by atoms with Crippen LogP contribution in [0.4, 0.5) is 0 Å². The van der Waals surface area contributed by atoms with Crippen LogP contribution >= 0.6 is 0 Å². The Morgan fingerprint density at radius 1 is 1.40 bits per heavy atom. The zero-order valence-electron chi connectivity index (χ0n) is 9.44. The summed E-state index contributed by atoms with van der Waals surface area (Å²) < 4.78 is 1.92. The Bertz CT molecular complexity index is 508. The number of imidazole rings is 1. The number of hydrogen-bond acceptors (Lipinski definition) is 3. The van der Waals surface area contributed by atoms with Crippen LogP contribution in [-0.2, 0) is 12.6 Å². The van der Waals surface area contributed by atoms with Crippen molar-refractivity contribution >= 4 is 11.2 Å². The normalized spacial score (nSPS) is 12.3. The topological polar surface area (TPSA) is 50.9 Å². The van der Waals surface area contributed by atoms with Crippen molar-refractivity contribution in [3.05, 3.63) is 23.7 Å². The van der Waals surface area contributed by atoms with Crippen LogP contribution in [-0.4, -0.2) is 19.6 Å². The Morgan fingerprint density at radius 3 is 2.67 bits per heavy atom. The fourth-order valence-corrected chi connectivity index (χ4v) is 1.68. The standard InChI is InChI=1S/C11H15N3O/c1-7-13-9-8(11(2,3)15)5-6-12-10(9)14(7)4/h5-6,15H,1-4H3. The molecule has 0 aromatic carbocycles. The fraction of sp³-hybridized carbons (Fsp3) is 0.455. The van der Waals surface area contributed by atoms with Crippen molar-refractivity contribution in [2.24, 2.45) is 7.05 Å². The number of aromatic nitrogens is 3. The number of aliphatic hydroxyl groups is 1. The fourth-order valence-electron chi connectivity index (χ4n) is 1.68. The van der Waals surface area contributed by atoms with E-state index >= 15 is 0 Å². The summed E-state index contributed by atoms with van der Waals surface area (Å²) in [5.41, 5.74) is 1.52. The number of aryl methyl sites for hydroxylation is 2. The van der Waals surface area contributed by atoms with Gasteiger partial charge in [-0.2, -0.15) is 0 Å². The lowest BCUT2D eigenvalue weighted by Crippen LogP contribution is -2.16. The van der Waals surface area contributed by atoms with Gasteiger partial charge in [-0.15, -0.1) is 0 Å². The molecule has 0 aliphatic rings. The second kappa shape index (κ2) is 3.03. The summed E-state index contributed by atoms with van der Waals surface area (Å²) in [6.07, 6.45) is 1.71. The molecule has 0 bridgehead atoms. The minimum Gasteiger partial charge on any atom is -0.386 e. The van der Waals surface area contributed by atoms with Crippen LogP contribution in [0.3, 0.4) is 0 Å². The minimum atomic E-state index is -0.887. The van der Waals surface area contributed by atoms with Crippen molar-refractivity contribution in [3.8, 4) is 0 Å². The zero-order chi connectivity index (χ0) is 11.2. The molecule has 0 aliphatic heterocycles. The van der Waals surface area contributed by atoms with Gasteiger partial charge in [0.25, 0.3) is 0 Å². The largest absolute Gasteiger partial charge is 0.386 e. The summed E-state index contributed by atoms with van der Waals surface area (Å²) in [5.74, 6) is 0.897. The smallest absolute Gasteiger partial charge is 0.160 e. The van der Waals surface area contributed by atoms with Crippen molar-refractivity contribution in [2.75, 3.05) is 0 Å². The third-order valence-electron chi connectivity index (χ3n) is 2.64. The van der Waals surface area contributed by atoms with E-state index in [4.69, 9.17) is 0 Å². The van der Waals surface area contributed by atoms with Gasteiger partial charge in [-0.05, 0) is 26.8 Å². The predicted molar refractivity (Wildman–Crippen MR) is 58.5 cm³/mol. The molecule has 0 unspecified atom stereocenters. The molecular formula is C11H15N3O. The molecule has 0 fully saturated rings. The lowest BCUT2D eigenvalue weighted by atomic mass is 9.99. The van der Waals surface area contributed by atoms with Crippen molar-refractivity contribution in [2.45, 2.75) is 26.4 Å². The molecule has 0 amide bonds. The van der Waals surface area contributed by atoms with Gasteiger partial charge in [-0.3, -0.25) is 0 Å². The van der Waals surface area contributed by atoms with Gasteiger partial charge in [-0.1, -0.05) is 0 Å². The lowest BCUT2D eigenvalue weighted by Gasteiger charge is -2.17. The van der Waals surface area contributed by atoms with Gasteiger partial charge in [0, 0.05) is 18.8 Å². The highest BCUT2D eigenvalue weighted by atomic mass is 16.3. The van der Waals surface area contributed by atoms with E-state index in [1.807, 2.05) is 24.6 Å². The van der Waals surface area contributed by atoms with Crippen LogP contribution in [0.2, 0.25) is 0 Å². The summed E-state index contributed by atoms with van der Waals surface area (Å²) in [5, 5.41) is 10.0. The first-order valence-electron chi connectivity index (χ1n) is 4.92. The molecule has 0 saturated heterocycles. The Morgan fingerprint density at radius 2 is 2.07 bits per heavy atom. The number of hydrogen-bond donors (Lipinski definition) is 1. The number of nitrogens with zero attached hydrogens (tertiary/aromatic N) is 3. The van der Waals surface area contributed by atoms with E-state index in [0.29, 0.717) is 0 Å². The van der Waals surface area contributed by atoms with Crippen LogP contribution in [0.1, 0.15) is 25.2 Å². The first-order chi connectivity index (χ1) is 6.91. The summed E-state index contributed by atoms with van der Waals surface area (Å²) >= 11 is 0. The predicted octanol–water partition coefficient (Wildman–Crippen LogP) is 1.50. The third-order valence-corrected chi connectivity index (χ3v) is 2.64. The lowest BCUT2D eigenvalue weighted by molar-refractivity contribution is 0.0799. The van der Waals surface area contributed by atoms with E-state index in [-0.39, 0.29) is 0 Å². The number of pyridine rings is 1. The Balaban J connectivity index is 2.83. The first kappa shape index (κ1) is 10.1. The summed E-state index contributed by atoms with van der Waals surface area (Å²) in [7, 11) is 1.92. The molecule has 0 spiro atoms. The summed E-state index contributed by atoms with van der Waals surface area (Å²) in [6.45, 7) is 5.44. The molecule has 2 heterocycles. The maximum Gasteiger partial charge on any atom is 0.160 e. The minimum absolute atomic E-state index is 0.782. The SMILES string of the molecule is Cc1nc2c(C(C)(C)O)ccnc2n1C. The highest BCUT2D eigenvalue weighted by molar-refractivity contribution is 5.76. The van der Waals surface area contributed by atoms with Crippen LogP contribution in [0.15, 0.2) is 12.3 Å². The van der Waals surface area contributed by atoms with Gasteiger partial charge >= 0.3 is 0 Å². The quantitative estimate of drug-likeness (QED) is 0.767. The van der Waals surface area contributed by atoms with Gasteiger partial charge in [0.1, 0.15) is 11.3 Å². The highest BCUT2D eigenvalue weighted by Gasteiger charge is 2.21. The van der Waals surface area contributed by atoms with Crippen LogP contribution < -0.4 is 0 Å². The van der Waals surface area contributed by atoms with E-state index in [2.05, 4.69) is 9.97 Å². The maximum absolute atomic E-state index is 10.0. The summed E-state index contributed by atoms with van der Waals surface area (Å²) in [4.78, 5) is 8.68. The highest BCUT2D eigenvalue weighted by Crippen LogP contribution is 2.26. The molecule has 0 saturated carbocycles. The molecule has 2 rings (SSSR count). The Hall–Kier alpha value is -1.42. The monoisotopic (exact) mass is 205 g/mol. The van der Waals surface area contributed by atoms with Crippen LogP contribution in [0, 0.1) is 6.92 Å². The van der Waals surface area contributed by atoms with Crippen LogP contribution in [0.5, 0.6) is 0 Å². The van der Waals surface area contributed by atoms with Gasteiger partial charge in [0.2, 0.25) is 0 Å². The Labute approximate surface area is 88.6 Å². The second-order valence-electron chi connectivity index (χ2n) is 4.31. The Kier molecular flexibility index (Phi) is 2.04. The molecule has 0 aliphatic carbocycles. The molecule has 0 atom stereocenters. The van der Waals surface area contributed by atoms with Crippen molar-refractivity contribution in [3.63, 3.8) is 0 Å². The molecule has 0 radical (unpaired) electrons. The molecule has 2 aromatic heterocycles. The van der Waals surface area contributed by atoms with Gasteiger partial charge in [0.05, 0.1) is 5.60 Å². The summed E-state index contributed by atoms with van der Waals surface area (Å²) in [6, 6.07) is 1.81. The molecule has 1 N–H and O–H groups in total. The molecular weight excluding hydrogens is 190 g/mol. The van der Waals surface area contributed by atoms with Gasteiger partial charge < -0.3 is 9.67 Å². The van der Waals surface area contributed by atoms with E-state index in [9.17, 15) is 5.11 Å². The third kappa shape index (κ3) is 1.51.